The lowest BCUT2D eigenvalue weighted by Crippen LogP contribution is -2.40. The molecule has 2 amide bonds. The first kappa shape index (κ1) is 16.6. The fourth-order valence-corrected chi connectivity index (χ4v) is 3.04. The Labute approximate surface area is 140 Å². The van der Waals surface area contributed by atoms with Gasteiger partial charge in [0.2, 0.25) is 0 Å². The van der Waals surface area contributed by atoms with Crippen LogP contribution >= 0.6 is 0 Å². The van der Waals surface area contributed by atoms with E-state index in [9.17, 15) is 14.0 Å². The van der Waals surface area contributed by atoms with Gasteiger partial charge in [-0.2, -0.15) is 0 Å². The number of hydrogen-bond acceptors (Lipinski definition) is 4. The number of hydrogen-bond donors (Lipinski definition) is 0. The van der Waals surface area contributed by atoms with E-state index in [0.717, 1.165) is 12.8 Å². The van der Waals surface area contributed by atoms with Crippen LogP contribution in [-0.2, 0) is 14.3 Å². The number of imide groups is 1. The molecule has 0 aromatic heterocycles. The summed E-state index contributed by atoms with van der Waals surface area (Å²) in [6, 6.07) is 5.73. The van der Waals surface area contributed by atoms with Crippen LogP contribution in [0.5, 0.6) is 0 Å². The van der Waals surface area contributed by atoms with Crippen LogP contribution in [0.25, 0.3) is 5.57 Å². The first-order chi connectivity index (χ1) is 11.6. The molecule has 2 aliphatic rings. The summed E-state index contributed by atoms with van der Waals surface area (Å²) in [7, 11) is 0. The van der Waals surface area contributed by atoms with E-state index >= 15 is 0 Å². The summed E-state index contributed by atoms with van der Waals surface area (Å²) in [5.74, 6) is -0.914. The summed E-state index contributed by atoms with van der Waals surface area (Å²) in [5.41, 5.74) is 1.37. The van der Waals surface area contributed by atoms with Crippen LogP contribution in [0, 0.1) is 5.82 Å². The van der Waals surface area contributed by atoms with Crippen LogP contribution in [0.15, 0.2) is 30.0 Å². The van der Waals surface area contributed by atoms with Gasteiger partial charge in [-0.15, -0.1) is 0 Å². The molecule has 128 valence electrons. The van der Waals surface area contributed by atoms with Crippen LogP contribution < -0.4 is 0 Å². The molecule has 1 aromatic rings. The van der Waals surface area contributed by atoms with Crippen LogP contribution in [0.1, 0.15) is 25.3 Å². The zero-order valence-corrected chi connectivity index (χ0v) is 13.8. The normalized spacial score (nSPS) is 18.8. The van der Waals surface area contributed by atoms with Crippen molar-refractivity contribution in [2.45, 2.75) is 19.8 Å². The summed E-state index contributed by atoms with van der Waals surface area (Å²) in [6.45, 7) is 4.61. The molecule has 0 N–H and O–H groups in total. The molecule has 0 unspecified atom stereocenters. The molecular formula is C18H21FN2O3. The van der Waals surface area contributed by atoms with Gasteiger partial charge in [-0.3, -0.25) is 14.5 Å². The number of ether oxygens (including phenoxy) is 1. The molecule has 24 heavy (non-hydrogen) atoms. The second kappa shape index (κ2) is 7.13. The van der Waals surface area contributed by atoms with Crippen molar-refractivity contribution in [1.82, 2.24) is 9.80 Å². The molecule has 0 saturated carbocycles. The molecule has 5 nitrogen and oxygen atoms in total. The quantitative estimate of drug-likeness (QED) is 0.774. The molecule has 3 rings (SSSR count). The molecule has 6 heteroatoms. The Morgan fingerprint density at radius 1 is 1.08 bits per heavy atom. The minimum absolute atomic E-state index is 0.255. The lowest BCUT2D eigenvalue weighted by Gasteiger charge is -2.29. The maximum absolute atomic E-state index is 13.2. The summed E-state index contributed by atoms with van der Waals surface area (Å²) >= 11 is 0. The molecule has 0 radical (unpaired) electrons. The maximum Gasteiger partial charge on any atom is 0.277 e. The first-order valence-corrected chi connectivity index (χ1v) is 8.32. The van der Waals surface area contributed by atoms with Crippen molar-refractivity contribution in [3.63, 3.8) is 0 Å². The molecule has 0 spiro atoms. The van der Waals surface area contributed by atoms with Crippen LogP contribution in [0.3, 0.4) is 0 Å². The van der Waals surface area contributed by atoms with Gasteiger partial charge in [0.15, 0.2) is 0 Å². The highest BCUT2D eigenvalue weighted by atomic mass is 19.1. The Balaban J connectivity index is 2.01. The number of unbranched alkanes of at least 4 members (excludes halogenated alkanes) is 1. The van der Waals surface area contributed by atoms with Gasteiger partial charge < -0.3 is 9.64 Å². The topological polar surface area (TPSA) is 49.9 Å². The number of benzene rings is 1. The Morgan fingerprint density at radius 2 is 1.75 bits per heavy atom. The van der Waals surface area contributed by atoms with Gasteiger partial charge in [0.25, 0.3) is 11.8 Å². The Hall–Kier alpha value is -2.21. The number of carbonyl (C=O) groups is 2. The van der Waals surface area contributed by atoms with E-state index in [1.54, 1.807) is 12.1 Å². The highest BCUT2D eigenvalue weighted by Gasteiger charge is 2.41. The third-order valence-corrected chi connectivity index (χ3v) is 4.34. The van der Waals surface area contributed by atoms with E-state index in [4.69, 9.17) is 4.74 Å². The standard InChI is InChI=1S/C18H21FN2O3/c1-2-3-8-21-17(22)15(13-4-6-14(19)7-5-13)16(18(21)23)20-9-11-24-12-10-20/h4-7H,2-3,8-12H2,1H3. The van der Waals surface area contributed by atoms with E-state index in [-0.39, 0.29) is 17.6 Å². The van der Waals surface area contributed by atoms with Gasteiger partial charge in [0, 0.05) is 19.6 Å². The number of nitrogens with zero attached hydrogens (tertiary/aromatic N) is 2. The van der Waals surface area contributed by atoms with Crippen LogP contribution in [-0.4, -0.2) is 54.5 Å². The third kappa shape index (κ3) is 3.06. The van der Waals surface area contributed by atoms with Crippen molar-refractivity contribution < 1.29 is 18.7 Å². The molecule has 1 aromatic carbocycles. The lowest BCUT2D eigenvalue weighted by atomic mass is 10.0. The highest BCUT2D eigenvalue weighted by Crippen LogP contribution is 2.32. The predicted molar refractivity (Wildman–Crippen MR) is 87.3 cm³/mol. The molecule has 0 atom stereocenters. The SMILES string of the molecule is CCCCN1C(=O)C(c2ccc(F)cc2)=C(N2CCOCC2)C1=O. The van der Waals surface area contributed by atoms with Crippen LogP contribution in [0.4, 0.5) is 4.39 Å². The number of rotatable bonds is 5. The Bertz CT molecular complexity index is 663. The Kier molecular flexibility index (Phi) is 4.94. The minimum atomic E-state index is -0.369. The number of amides is 2. The average molecular weight is 332 g/mol. The fourth-order valence-electron chi connectivity index (χ4n) is 3.04. The van der Waals surface area contributed by atoms with E-state index in [1.807, 2.05) is 11.8 Å². The van der Waals surface area contributed by atoms with E-state index < -0.39 is 0 Å². The number of halogens is 1. The van der Waals surface area contributed by atoms with Gasteiger partial charge in [0.1, 0.15) is 11.5 Å². The van der Waals surface area contributed by atoms with Crippen LogP contribution in [0.2, 0.25) is 0 Å². The van der Waals surface area contributed by atoms with Crippen molar-refractivity contribution in [2.75, 3.05) is 32.8 Å². The zero-order valence-electron chi connectivity index (χ0n) is 13.8. The van der Waals surface area contributed by atoms with Gasteiger partial charge in [-0.05, 0) is 24.1 Å². The number of morpholine rings is 1. The summed E-state index contributed by atoms with van der Waals surface area (Å²) in [6.07, 6.45) is 1.67. The summed E-state index contributed by atoms with van der Waals surface area (Å²) < 4.78 is 18.6. The molecular weight excluding hydrogens is 311 g/mol. The molecule has 1 fully saturated rings. The molecule has 1 saturated heterocycles. The summed E-state index contributed by atoms with van der Waals surface area (Å²) in [5, 5.41) is 0. The second-order valence-electron chi connectivity index (χ2n) is 5.95. The maximum atomic E-state index is 13.2. The van der Waals surface area contributed by atoms with Gasteiger partial charge >= 0.3 is 0 Å². The van der Waals surface area contributed by atoms with E-state index in [0.29, 0.717) is 49.7 Å². The molecule has 2 aliphatic heterocycles. The molecule has 2 heterocycles. The zero-order chi connectivity index (χ0) is 17.1. The molecule has 0 aliphatic carbocycles. The lowest BCUT2D eigenvalue weighted by molar-refractivity contribution is -0.137. The molecule has 0 bridgehead atoms. The van der Waals surface area contributed by atoms with Crippen molar-refractivity contribution in [3.8, 4) is 0 Å². The summed E-state index contributed by atoms with van der Waals surface area (Å²) in [4.78, 5) is 28.9. The largest absolute Gasteiger partial charge is 0.378 e. The third-order valence-electron chi connectivity index (χ3n) is 4.34. The first-order valence-electron chi connectivity index (χ1n) is 8.32. The van der Waals surface area contributed by atoms with E-state index in [2.05, 4.69) is 0 Å². The second-order valence-corrected chi connectivity index (χ2v) is 5.95. The van der Waals surface area contributed by atoms with Gasteiger partial charge in [-0.1, -0.05) is 25.5 Å². The van der Waals surface area contributed by atoms with Crippen molar-refractivity contribution in [1.29, 1.82) is 0 Å². The highest BCUT2D eigenvalue weighted by molar-refractivity contribution is 6.35. The fraction of sp³-hybridized carbons (Fsp3) is 0.444. The van der Waals surface area contributed by atoms with Crippen molar-refractivity contribution in [3.05, 3.63) is 41.3 Å². The average Bonchev–Trinajstić information content (AvgIpc) is 2.85. The monoisotopic (exact) mass is 332 g/mol. The smallest absolute Gasteiger partial charge is 0.277 e. The predicted octanol–water partition coefficient (Wildman–Crippen LogP) is 2.04. The van der Waals surface area contributed by atoms with Gasteiger partial charge in [0.05, 0.1) is 18.8 Å². The van der Waals surface area contributed by atoms with Gasteiger partial charge in [-0.25, -0.2) is 4.39 Å². The van der Waals surface area contributed by atoms with Crippen molar-refractivity contribution >= 4 is 17.4 Å². The minimum Gasteiger partial charge on any atom is -0.378 e. The Morgan fingerprint density at radius 3 is 2.38 bits per heavy atom. The number of carbonyl (C=O) groups excluding carboxylic acids is 2. The van der Waals surface area contributed by atoms with E-state index in [1.165, 1.54) is 17.0 Å². The van der Waals surface area contributed by atoms with Crippen molar-refractivity contribution in [2.24, 2.45) is 0 Å².